The molecule has 2 rings (SSSR count). The normalized spacial score (nSPS) is 24.1. The minimum absolute atomic E-state index is 0.122. The molecular weight excluding hydrogens is 235 g/mol. The van der Waals surface area contributed by atoms with E-state index in [1.54, 1.807) is 13.0 Å². The van der Waals surface area contributed by atoms with Crippen molar-refractivity contribution in [3.63, 3.8) is 0 Å². The Bertz CT molecular complexity index is 464. The number of carbonyl (C=O) groups is 1. The Morgan fingerprint density at radius 3 is 2.89 bits per heavy atom. The van der Waals surface area contributed by atoms with Gasteiger partial charge in [0.05, 0.1) is 0 Å². The highest BCUT2D eigenvalue weighted by molar-refractivity contribution is 5.65. The highest BCUT2D eigenvalue weighted by Crippen LogP contribution is 2.27. The van der Waals surface area contributed by atoms with Crippen LogP contribution in [0.3, 0.4) is 0 Å². The Morgan fingerprint density at radius 1 is 1.56 bits per heavy atom. The number of hydrogen-bond acceptors (Lipinski definition) is 2. The van der Waals surface area contributed by atoms with Gasteiger partial charge in [0.25, 0.3) is 0 Å². The van der Waals surface area contributed by atoms with Crippen molar-refractivity contribution in [1.82, 2.24) is 4.90 Å². The van der Waals surface area contributed by atoms with Gasteiger partial charge < -0.3 is 15.7 Å². The van der Waals surface area contributed by atoms with Crippen LogP contribution in [0, 0.1) is 12.7 Å². The van der Waals surface area contributed by atoms with Gasteiger partial charge in [-0.2, -0.15) is 0 Å². The Kier molecular flexibility index (Phi) is 3.52. The third kappa shape index (κ3) is 2.46. The van der Waals surface area contributed by atoms with Crippen LogP contribution in [0.2, 0.25) is 0 Å². The first-order valence-electron chi connectivity index (χ1n) is 5.98. The van der Waals surface area contributed by atoms with Gasteiger partial charge >= 0.3 is 6.09 Å². The maximum atomic E-state index is 13.5. The van der Waals surface area contributed by atoms with Crippen molar-refractivity contribution >= 4 is 6.09 Å². The molecule has 0 aliphatic carbocycles. The second-order valence-electron chi connectivity index (χ2n) is 4.80. The van der Waals surface area contributed by atoms with E-state index in [-0.39, 0.29) is 17.8 Å². The molecule has 1 fully saturated rings. The molecule has 0 bridgehead atoms. The van der Waals surface area contributed by atoms with Crippen molar-refractivity contribution in [2.24, 2.45) is 5.73 Å². The van der Waals surface area contributed by atoms with Crippen LogP contribution in [0.15, 0.2) is 18.2 Å². The lowest BCUT2D eigenvalue weighted by Crippen LogP contribution is -2.47. The molecule has 0 saturated carbocycles. The van der Waals surface area contributed by atoms with Gasteiger partial charge in [0, 0.05) is 25.0 Å². The van der Waals surface area contributed by atoms with Crippen molar-refractivity contribution < 1.29 is 14.3 Å². The maximum absolute atomic E-state index is 13.5. The van der Waals surface area contributed by atoms with E-state index in [2.05, 4.69) is 0 Å². The lowest BCUT2D eigenvalue weighted by atomic mass is 9.86. The molecule has 1 amide bonds. The topological polar surface area (TPSA) is 66.6 Å². The van der Waals surface area contributed by atoms with Crippen molar-refractivity contribution in [2.75, 3.05) is 13.1 Å². The fourth-order valence-corrected chi connectivity index (χ4v) is 2.34. The third-order valence-electron chi connectivity index (χ3n) is 3.56. The maximum Gasteiger partial charge on any atom is 0.407 e. The zero-order valence-electron chi connectivity index (χ0n) is 10.3. The van der Waals surface area contributed by atoms with E-state index in [4.69, 9.17) is 10.8 Å². The van der Waals surface area contributed by atoms with Gasteiger partial charge in [-0.25, -0.2) is 9.18 Å². The first kappa shape index (κ1) is 12.8. The molecule has 98 valence electrons. The van der Waals surface area contributed by atoms with Gasteiger partial charge in [-0.3, -0.25) is 0 Å². The van der Waals surface area contributed by atoms with Crippen molar-refractivity contribution in [3.05, 3.63) is 35.1 Å². The lowest BCUT2D eigenvalue weighted by Gasteiger charge is -2.35. The monoisotopic (exact) mass is 252 g/mol. The molecule has 3 N–H and O–H groups in total. The summed E-state index contributed by atoms with van der Waals surface area (Å²) in [6.07, 6.45) is -0.341. The van der Waals surface area contributed by atoms with Crippen molar-refractivity contribution in [3.8, 4) is 0 Å². The molecular formula is C13H17FN2O2. The standard InChI is InChI=1S/C13H17FN2O2/c1-8-2-3-9(6-11(8)14)10-7-16(13(17)18)5-4-12(10)15/h2-3,6,10,12H,4-5,7,15H2,1H3,(H,17,18). The van der Waals surface area contributed by atoms with Crippen molar-refractivity contribution in [1.29, 1.82) is 0 Å². The van der Waals surface area contributed by atoms with Gasteiger partial charge in [0.2, 0.25) is 0 Å². The molecule has 1 aliphatic heterocycles. The molecule has 1 aliphatic rings. The number of likely N-dealkylation sites (tertiary alicyclic amines) is 1. The van der Waals surface area contributed by atoms with Crippen LogP contribution < -0.4 is 5.73 Å². The number of rotatable bonds is 1. The highest BCUT2D eigenvalue weighted by Gasteiger charge is 2.30. The van der Waals surface area contributed by atoms with E-state index >= 15 is 0 Å². The first-order chi connectivity index (χ1) is 8.49. The Morgan fingerprint density at radius 2 is 2.28 bits per heavy atom. The van der Waals surface area contributed by atoms with Crippen LogP contribution in [0.1, 0.15) is 23.5 Å². The van der Waals surface area contributed by atoms with Gasteiger partial charge in [-0.1, -0.05) is 12.1 Å². The average Bonchev–Trinajstić information content (AvgIpc) is 2.33. The summed E-state index contributed by atoms with van der Waals surface area (Å²) in [5.74, 6) is -0.405. The lowest BCUT2D eigenvalue weighted by molar-refractivity contribution is 0.126. The summed E-state index contributed by atoms with van der Waals surface area (Å²) >= 11 is 0. The van der Waals surface area contributed by atoms with E-state index < -0.39 is 6.09 Å². The molecule has 4 nitrogen and oxygen atoms in total. The number of halogens is 1. The molecule has 2 atom stereocenters. The molecule has 0 aromatic heterocycles. The minimum Gasteiger partial charge on any atom is -0.465 e. The second-order valence-corrected chi connectivity index (χ2v) is 4.80. The zero-order valence-corrected chi connectivity index (χ0v) is 10.3. The van der Waals surface area contributed by atoms with Gasteiger partial charge in [0.1, 0.15) is 5.82 Å². The SMILES string of the molecule is Cc1ccc(C2CN(C(=O)O)CCC2N)cc1F. The number of amides is 1. The van der Waals surface area contributed by atoms with E-state index in [1.807, 2.05) is 6.07 Å². The van der Waals surface area contributed by atoms with Crippen LogP contribution >= 0.6 is 0 Å². The van der Waals surface area contributed by atoms with E-state index in [0.29, 0.717) is 25.1 Å². The van der Waals surface area contributed by atoms with Crippen LogP contribution in [-0.4, -0.2) is 35.2 Å². The molecule has 5 heteroatoms. The molecule has 2 unspecified atom stereocenters. The average molecular weight is 252 g/mol. The molecule has 0 spiro atoms. The smallest absolute Gasteiger partial charge is 0.407 e. The minimum atomic E-state index is -0.945. The van der Waals surface area contributed by atoms with Crippen molar-refractivity contribution in [2.45, 2.75) is 25.3 Å². The summed E-state index contributed by atoms with van der Waals surface area (Å²) in [6, 6.07) is 4.87. The fraction of sp³-hybridized carbons (Fsp3) is 0.462. The van der Waals surface area contributed by atoms with Crippen LogP contribution in [0.4, 0.5) is 9.18 Å². The van der Waals surface area contributed by atoms with Crippen LogP contribution in [0.25, 0.3) is 0 Å². The third-order valence-corrected chi connectivity index (χ3v) is 3.56. The summed E-state index contributed by atoms with van der Waals surface area (Å²) in [7, 11) is 0. The summed E-state index contributed by atoms with van der Waals surface area (Å²) in [5, 5.41) is 9.00. The zero-order chi connectivity index (χ0) is 13.3. The summed E-state index contributed by atoms with van der Waals surface area (Å²) in [4.78, 5) is 12.3. The molecule has 18 heavy (non-hydrogen) atoms. The molecule has 1 heterocycles. The van der Waals surface area contributed by atoms with Gasteiger partial charge in [0.15, 0.2) is 0 Å². The quantitative estimate of drug-likeness (QED) is 0.802. The second kappa shape index (κ2) is 4.94. The Hall–Kier alpha value is -1.62. The number of nitrogens with two attached hydrogens (primary N) is 1. The highest BCUT2D eigenvalue weighted by atomic mass is 19.1. The summed E-state index contributed by atoms with van der Waals surface area (Å²) < 4.78 is 13.5. The molecule has 1 saturated heterocycles. The number of carboxylic acid groups (broad SMARTS) is 1. The number of nitrogens with zero attached hydrogens (tertiary/aromatic N) is 1. The van der Waals surface area contributed by atoms with E-state index in [9.17, 15) is 9.18 Å². The molecule has 1 aromatic rings. The summed E-state index contributed by atoms with van der Waals surface area (Å²) in [5.41, 5.74) is 7.38. The number of hydrogen-bond donors (Lipinski definition) is 2. The number of piperidine rings is 1. The Labute approximate surface area is 105 Å². The number of benzene rings is 1. The van der Waals surface area contributed by atoms with Gasteiger partial charge in [-0.15, -0.1) is 0 Å². The van der Waals surface area contributed by atoms with E-state index in [1.165, 1.54) is 11.0 Å². The van der Waals surface area contributed by atoms with Gasteiger partial charge in [-0.05, 0) is 30.5 Å². The summed E-state index contributed by atoms with van der Waals surface area (Å²) in [6.45, 7) is 2.48. The van der Waals surface area contributed by atoms with Crippen LogP contribution in [0.5, 0.6) is 0 Å². The van der Waals surface area contributed by atoms with E-state index in [0.717, 1.165) is 5.56 Å². The molecule has 1 aromatic carbocycles. The molecule has 0 radical (unpaired) electrons. The fourth-order valence-electron chi connectivity index (χ4n) is 2.34. The first-order valence-corrected chi connectivity index (χ1v) is 5.98. The van der Waals surface area contributed by atoms with Crippen LogP contribution in [-0.2, 0) is 0 Å². The predicted molar refractivity (Wildman–Crippen MR) is 66.1 cm³/mol. The largest absolute Gasteiger partial charge is 0.465 e. The Balaban J connectivity index is 2.24. The predicted octanol–water partition coefficient (Wildman–Crippen LogP) is 1.93. The number of aryl methyl sites for hydroxylation is 1.